The molecule has 0 bridgehead atoms. The Balaban J connectivity index is 1.98. The van der Waals surface area contributed by atoms with E-state index in [0.29, 0.717) is 21.4 Å². The fraction of sp³-hybridized carbons (Fsp3) is 0.182. The maximum Gasteiger partial charge on any atom is 0.333 e. The van der Waals surface area contributed by atoms with Gasteiger partial charge in [0, 0.05) is 13.2 Å². The Morgan fingerprint density at radius 2 is 2.05 bits per heavy atom. The van der Waals surface area contributed by atoms with Crippen LogP contribution in [0.3, 0.4) is 0 Å². The van der Waals surface area contributed by atoms with Crippen molar-refractivity contribution in [3.8, 4) is 11.5 Å². The van der Waals surface area contributed by atoms with Crippen LogP contribution in [0, 0.1) is 0 Å². The molecule has 0 radical (unpaired) electrons. The highest BCUT2D eigenvalue weighted by Crippen LogP contribution is 2.23. The van der Waals surface area contributed by atoms with Crippen LogP contribution in [0.5, 0.6) is 0 Å². The summed E-state index contributed by atoms with van der Waals surface area (Å²) in [7, 11) is 1.76. The average molecular weight is 290 g/mol. The molecule has 0 unspecified atom stereocenters. The predicted octanol–water partition coefficient (Wildman–Crippen LogP) is 1.27. The summed E-state index contributed by atoms with van der Waals surface area (Å²) in [5.41, 5.74) is 1.29. The Labute approximate surface area is 115 Å². The quantitative estimate of drug-likeness (QED) is 0.555. The lowest BCUT2D eigenvalue weighted by molar-refractivity contribution is 0.0583. The number of hydrogen-bond donors (Lipinski definition) is 0. The van der Waals surface area contributed by atoms with Crippen LogP contribution in [0.2, 0.25) is 0 Å². The number of hydrogen-bond acceptors (Lipinski definition) is 5. The van der Waals surface area contributed by atoms with Crippen molar-refractivity contribution in [1.82, 2.24) is 39.1 Å². The second-order valence-electron chi connectivity index (χ2n) is 4.39. The van der Waals surface area contributed by atoms with Gasteiger partial charge in [0.1, 0.15) is 12.0 Å². The summed E-state index contributed by atoms with van der Waals surface area (Å²) < 4.78 is 29.4. The summed E-state index contributed by atoms with van der Waals surface area (Å²) in [6.07, 6.45) is 4.37. The standard InChI is InChI=1S/C11H8F2N8/c1-19-9-6(4-16-19)10-17-8(18-20(10)5-14-9)7-2-3-15-21(7)11(12)13/h2-5,11H,1H3. The van der Waals surface area contributed by atoms with E-state index in [1.807, 2.05) is 0 Å². The lowest BCUT2D eigenvalue weighted by atomic mass is 10.4. The SMILES string of the molecule is Cn1ncc2c1ncn1nc(-c3ccnn3C(F)F)nc21. The first kappa shape index (κ1) is 11.9. The number of alkyl halides is 2. The number of nitrogens with zero attached hydrogens (tertiary/aromatic N) is 8. The third-order valence-corrected chi connectivity index (χ3v) is 3.15. The molecule has 0 aliphatic rings. The molecule has 0 N–H and O–H groups in total. The lowest BCUT2D eigenvalue weighted by Gasteiger charge is -2.01. The van der Waals surface area contributed by atoms with E-state index in [1.54, 1.807) is 17.9 Å². The fourth-order valence-corrected chi connectivity index (χ4v) is 2.19. The van der Waals surface area contributed by atoms with Crippen LogP contribution in [0.25, 0.3) is 28.2 Å². The van der Waals surface area contributed by atoms with Crippen LogP contribution in [-0.2, 0) is 7.05 Å². The molecule has 8 nitrogen and oxygen atoms in total. The summed E-state index contributed by atoms with van der Waals surface area (Å²) in [4.78, 5) is 8.52. The second-order valence-corrected chi connectivity index (χ2v) is 4.39. The molecule has 4 aromatic rings. The Morgan fingerprint density at radius 3 is 2.86 bits per heavy atom. The van der Waals surface area contributed by atoms with E-state index < -0.39 is 6.55 Å². The molecule has 0 aliphatic heterocycles. The van der Waals surface area contributed by atoms with E-state index in [0.717, 1.165) is 0 Å². The summed E-state index contributed by atoms with van der Waals surface area (Å²) in [5, 5.41) is 12.5. The Kier molecular flexibility index (Phi) is 2.29. The Hall–Kier alpha value is -2.91. The number of fused-ring (bicyclic) bond motifs is 3. The van der Waals surface area contributed by atoms with Crippen LogP contribution >= 0.6 is 0 Å². The molecule has 0 spiro atoms. The zero-order chi connectivity index (χ0) is 14.6. The molecule has 106 valence electrons. The molecule has 0 fully saturated rings. The van der Waals surface area contributed by atoms with Gasteiger partial charge in [0.15, 0.2) is 11.3 Å². The van der Waals surface area contributed by atoms with Gasteiger partial charge in [0.2, 0.25) is 5.82 Å². The highest BCUT2D eigenvalue weighted by atomic mass is 19.3. The first-order valence-electron chi connectivity index (χ1n) is 6.00. The molecule has 0 atom stereocenters. The van der Waals surface area contributed by atoms with Crippen molar-refractivity contribution in [2.75, 3.05) is 0 Å². The van der Waals surface area contributed by atoms with Crippen LogP contribution in [0.4, 0.5) is 8.78 Å². The van der Waals surface area contributed by atoms with Gasteiger partial charge in [-0.05, 0) is 6.07 Å². The van der Waals surface area contributed by atoms with Crippen LogP contribution < -0.4 is 0 Å². The fourth-order valence-electron chi connectivity index (χ4n) is 2.19. The van der Waals surface area contributed by atoms with Gasteiger partial charge in [-0.3, -0.25) is 4.68 Å². The molecule has 4 heterocycles. The molecular formula is C11H8F2N8. The molecule has 0 aliphatic carbocycles. The first-order valence-corrected chi connectivity index (χ1v) is 6.00. The monoisotopic (exact) mass is 290 g/mol. The minimum Gasteiger partial charge on any atom is -0.250 e. The number of aryl methyl sites for hydroxylation is 1. The van der Waals surface area contributed by atoms with E-state index in [-0.39, 0.29) is 11.5 Å². The number of rotatable bonds is 2. The molecule has 0 saturated carbocycles. The highest BCUT2D eigenvalue weighted by Gasteiger charge is 2.18. The third-order valence-electron chi connectivity index (χ3n) is 3.15. The Bertz CT molecular complexity index is 950. The van der Waals surface area contributed by atoms with E-state index in [1.165, 1.54) is 23.1 Å². The van der Waals surface area contributed by atoms with Crippen molar-refractivity contribution in [3.05, 3.63) is 24.8 Å². The molecule has 21 heavy (non-hydrogen) atoms. The second kappa shape index (κ2) is 4.04. The summed E-state index contributed by atoms with van der Waals surface area (Å²) in [6, 6.07) is 1.44. The average Bonchev–Trinajstić information content (AvgIpc) is 3.13. The number of aromatic nitrogens is 8. The maximum atomic E-state index is 12.9. The summed E-state index contributed by atoms with van der Waals surface area (Å²) in [5.74, 6) is 0.158. The Morgan fingerprint density at radius 1 is 1.19 bits per heavy atom. The van der Waals surface area contributed by atoms with Crippen LogP contribution in [0.1, 0.15) is 6.55 Å². The van der Waals surface area contributed by atoms with E-state index >= 15 is 0 Å². The van der Waals surface area contributed by atoms with E-state index in [2.05, 4.69) is 25.3 Å². The van der Waals surface area contributed by atoms with Gasteiger partial charge in [-0.2, -0.15) is 19.0 Å². The highest BCUT2D eigenvalue weighted by molar-refractivity contribution is 5.88. The van der Waals surface area contributed by atoms with Crippen molar-refractivity contribution in [3.63, 3.8) is 0 Å². The van der Waals surface area contributed by atoms with Crippen molar-refractivity contribution in [1.29, 1.82) is 0 Å². The van der Waals surface area contributed by atoms with Crippen molar-refractivity contribution in [2.24, 2.45) is 7.05 Å². The maximum absolute atomic E-state index is 12.9. The zero-order valence-electron chi connectivity index (χ0n) is 10.7. The van der Waals surface area contributed by atoms with E-state index in [9.17, 15) is 8.78 Å². The smallest absolute Gasteiger partial charge is 0.250 e. The lowest BCUT2D eigenvalue weighted by Crippen LogP contribution is -2.03. The van der Waals surface area contributed by atoms with Gasteiger partial charge in [0.05, 0.1) is 11.6 Å². The molecular weight excluding hydrogens is 282 g/mol. The van der Waals surface area contributed by atoms with Crippen molar-refractivity contribution >= 4 is 16.7 Å². The van der Waals surface area contributed by atoms with Crippen molar-refractivity contribution in [2.45, 2.75) is 6.55 Å². The van der Waals surface area contributed by atoms with Gasteiger partial charge in [-0.15, -0.1) is 5.10 Å². The van der Waals surface area contributed by atoms with Gasteiger partial charge in [-0.1, -0.05) is 0 Å². The van der Waals surface area contributed by atoms with Gasteiger partial charge >= 0.3 is 6.55 Å². The molecule has 10 heteroatoms. The summed E-state index contributed by atoms with van der Waals surface area (Å²) in [6.45, 7) is -2.75. The van der Waals surface area contributed by atoms with E-state index in [4.69, 9.17) is 0 Å². The molecule has 0 aromatic carbocycles. The molecule has 4 rings (SSSR count). The summed E-state index contributed by atoms with van der Waals surface area (Å²) >= 11 is 0. The van der Waals surface area contributed by atoms with Crippen LogP contribution in [0.15, 0.2) is 24.8 Å². The van der Waals surface area contributed by atoms with Crippen LogP contribution in [-0.4, -0.2) is 39.1 Å². The largest absolute Gasteiger partial charge is 0.333 e. The molecule has 4 aromatic heterocycles. The van der Waals surface area contributed by atoms with Gasteiger partial charge in [-0.25, -0.2) is 19.2 Å². The van der Waals surface area contributed by atoms with Gasteiger partial charge < -0.3 is 0 Å². The minimum absolute atomic E-state index is 0.144. The topological polar surface area (TPSA) is 78.7 Å². The molecule has 0 amide bonds. The van der Waals surface area contributed by atoms with Gasteiger partial charge in [0.25, 0.3) is 0 Å². The predicted molar refractivity (Wildman–Crippen MR) is 67.5 cm³/mol. The third kappa shape index (κ3) is 1.61. The van der Waals surface area contributed by atoms with Crippen molar-refractivity contribution < 1.29 is 8.78 Å². The zero-order valence-corrected chi connectivity index (χ0v) is 10.7. The number of halogens is 2. The minimum atomic E-state index is -2.75. The molecule has 0 saturated heterocycles. The normalized spacial score (nSPS) is 12.0. The first-order chi connectivity index (χ1) is 10.1.